The molecule has 3 aromatic heterocycles. The molecule has 2 aliphatic heterocycles. The number of amides is 2. The number of carboxylic acid groups (broad SMARTS) is 1. The molecule has 4 aromatic rings. The quantitative estimate of drug-likeness (QED) is 0.297. The van der Waals surface area contributed by atoms with Gasteiger partial charge in [0.1, 0.15) is 5.65 Å². The van der Waals surface area contributed by atoms with E-state index in [1.54, 1.807) is 28.1 Å². The first-order valence-corrected chi connectivity index (χ1v) is 14.5. The van der Waals surface area contributed by atoms with Crippen molar-refractivity contribution in [2.75, 3.05) is 13.1 Å². The smallest absolute Gasteiger partial charge is 0.408 e. The van der Waals surface area contributed by atoms with Crippen LogP contribution in [0.2, 0.25) is 0 Å². The number of rotatable bonds is 4. The molecule has 1 saturated heterocycles. The van der Waals surface area contributed by atoms with E-state index in [1.807, 2.05) is 19.3 Å². The molecular weight excluding hydrogens is 530 g/mol. The number of carbonyl (C=O) groups excluding carboxylic acids is 1. The topological polar surface area (TPSA) is 123 Å². The second-order valence-electron chi connectivity index (χ2n) is 12.6. The van der Waals surface area contributed by atoms with E-state index in [1.165, 1.54) is 6.20 Å². The summed E-state index contributed by atoms with van der Waals surface area (Å²) < 4.78 is 0. The van der Waals surface area contributed by atoms with E-state index >= 15 is 0 Å². The summed E-state index contributed by atoms with van der Waals surface area (Å²) in [4.78, 5) is 41.5. The fraction of sp³-hybridized carbons (Fsp3) is 0.394. The Kier molecular flexibility index (Phi) is 6.80. The normalized spacial score (nSPS) is 19.6. The highest BCUT2D eigenvalue weighted by Gasteiger charge is 2.54. The van der Waals surface area contributed by atoms with E-state index in [0.29, 0.717) is 38.0 Å². The van der Waals surface area contributed by atoms with Gasteiger partial charge in [-0.15, -0.1) is 0 Å². The molecule has 0 spiro atoms. The number of nitrogens with zero attached hydrogens (tertiary/aromatic N) is 4. The van der Waals surface area contributed by atoms with Gasteiger partial charge in [0, 0.05) is 60.9 Å². The standard InChI is InChI=1S/C33H37N5O4/c1-20-16-35-29-25(20)14-24(18-36-29)23-13-21-8-12-37(30(40)28(39)22-7-5-10-34-17-22)19-26(21)27(15-23)33(32(2,3)4)9-6-11-38(33)31(41)42/h5,7,10,13-18,28,39H,6,8-9,11-12,19H2,1-4H3,(H,35,36)(H,41,42)/t28?,33-/m1/s1. The third-order valence-corrected chi connectivity index (χ3v) is 9.26. The zero-order chi connectivity index (χ0) is 29.8. The van der Waals surface area contributed by atoms with Gasteiger partial charge in [-0.3, -0.25) is 14.7 Å². The lowest BCUT2D eigenvalue weighted by Gasteiger charge is -2.49. The van der Waals surface area contributed by atoms with Gasteiger partial charge in [-0.2, -0.15) is 0 Å². The Labute approximate surface area is 245 Å². The van der Waals surface area contributed by atoms with Gasteiger partial charge in [0.15, 0.2) is 6.10 Å². The molecule has 1 aromatic carbocycles. The summed E-state index contributed by atoms with van der Waals surface area (Å²) in [5.74, 6) is -0.382. The summed E-state index contributed by atoms with van der Waals surface area (Å²) in [7, 11) is 0. The molecule has 218 valence electrons. The Morgan fingerprint density at radius 3 is 2.64 bits per heavy atom. The number of fused-ring (bicyclic) bond motifs is 2. The number of aromatic nitrogens is 3. The van der Waals surface area contributed by atoms with Gasteiger partial charge in [0.2, 0.25) is 0 Å². The van der Waals surface area contributed by atoms with Gasteiger partial charge in [-0.1, -0.05) is 32.9 Å². The molecule has 1 fully saturated rings. The summed E-state index contributed by atoms with van der Waals surface area (Å²) in [5.41, 5.74) is 6.09. The highest BCUT2D eigenvalue weighted by molar-refractivity contribution is 5.85. The van der Waals surface area contributed by atoms with Gasteiger partial charge >= 0.3 is 6.09 Å². The monoisotopic (exact) mass is 567 g/mol. The molecule has 0 aliphatic carbocycles. The van der Waals surface area contributed by atoms with Crippen LogP contribution in [0, 0.1) is 12.3 Å². The molecule has 42 heavy (non-hydrogen) atoms. The molecule has 9 heteroatoms. The van der Waals surface area contributed by atoms with Crippen molar-refractivity contribution < 1.29 is 19.8 Å². The van der Waals surface area contributed by atoms with Crippen LogP contribution in [-0.2, 0) is 23.3 Å². The molecule has 2 aliphatic rings. The van der Waals surface area contributed by atoms with Gasteiger partial charge in [-0.25, -0.2) is 9.78 Å². The lowest BCUT2D eigenvalue weighted by Crippen LogP contribution is -2.54. The average molecular weight is 568 g/mol. The van der Waals surface area contributed by atoms with Gasteiger partial charge in [-0.05, 0) is 77.6 Å². The summed E-state index contributed by atoms with van der Waals surface area (Å²) in [6, 6.07) is 9.82. The molecule has 0 saturated carbocycles. The first-order chi connectivity index (χ1) is 20.0. The van der Waals surface area contributed by atoms with Crippen molar-refractivity contribution in [1.82, 2.24) is 24.8 Å². The molecule has 1 unspecified atom stereocenters. The van der Waals surface area contributed by atoms with Crippen LogP contribution in [0.3, 0.4) is 0 Å². The second-order valence-corrected chi connectivity index (χ2v) is 12.6. The van der Waals surface area contributed by atoms with Crippen LogP contribution in [0.15, 0.2) is 55.1 Å². The molecule has 3 N–H and O–H groups in total. The summed E-state index contributed by atoms with van der Waals surface area (Å²) >= 11 is 0. The Balaban J connectivity index is 1.51. The second kappa shape index (κ2) is 10.2. The van der Waals surface area contributed by atoms with Crippen molar-refractivity contribution in [3.63, 3.8) is 0 Å². The number of benzene rings is 1. The van der Waals surface area contributed by atoms with E-state index in [-0.39, 0.29) is 5.91 Å². The predicted octanol–water partition coefficient (Wildman–Crippen LogP) is 5.57. The van der Waals surface area contributed by atoms with E-state index in [2.05, 4.69) is 53.9 Å². The van der Waals surface area contributed by atoms with E-state index in [9.17, 15) is 19.8 Å². The van der Waals surface area contributed by atoms with Crippen LogP contribution >= 0.6 is 0 Å². The maximum atomic E-state index is 13.5. The van der Waals surface area contributed by atoms with Crippen LogP contribution in [-0.4, -0.2) is 60.1 Å². The number of aromatic amines is 1. The van der Waals surface area contributed by atoms with Crippen molar-refractivity contribution in [1.29, 1.82) is 0 Å². The number of aliphatic hydroxyl groups is 1. The molecule has 0 radical (unpaired) electrons. The molecule has 2 amide bonds. The highest BCUT2D eigenvalue weighted by atomic mass is 16.4. The van der Waals surface area contributed by atoms with Crippen molar-refractivity contribution in [3.05, 3.63) is 82.9 Å². The number of nitrogens with one attached hydrogen (secondary N) is 1. The number of aliphatic hydroxyl groups excluding tert-OH is 1. The Hall–Kier alpha value is -4.24. The molecule has 5 heterocycles. The third kappa shape index (κ3) is 4.43. The Morgan fingerprint density at radius 1 is 1.12 bits per heavy atom. The van der Waals surface area contributed by atoms with Gasteiger partial charge in [0.25, 0.3) is 5.91 Å². The van der Waals surface area contributed by atoms with Crippen molar-refractivity contribution in [3.8, 4) is 11.1 Å². The van der Waals surface area contributed by atoms with E-state index in [0.717, 1.165) is 50.8 Å². The minimum Gasteiger partial charge on any atom is -0.465 e. The van der Waals surface area contributed by atoms with Crippen LogP contribution in [0.4, 0.5) is 4.79 Å². The molecule has 2 atom stereocenters. The van der Waals surface area contributed by atoms with Crippen molar-refractivity contribution in [2.45, 2.75) is 65.1 Å². The molecule has 0 bridgehead atoms. The molecule has 6 rings (SSSR count). The van der Waals surface area contributed by atoms with Crippen molar-refractivity contribution >= 4 is 23.0 Å². The molecule has 9 nitrogen and oxygen atoms in total. The summed E-state index contributed by atoms with van der Waals surface area (Å²) in [6.45, 7) is 9.54. The Morgan fingerprint density at radius 2 is 1.93 bits per heavy atom. The van der Waals surface area contributed by atoms with E-state index < -0.39 is 23.2 Å². The number of pyridine rings is 2. The SMILES string of the molecule is Cc1c[nH]c2ncc(-c3cc4c(c([C@@]5(C(C)(C)C)CCCN5C(=O)O)c3)CN(C(=O)C(O)c3cccnc3)CC4)cc12. The fourth-order valence-electron chi connectivity index (χ4n) is 7.08. The number of aryl methyl sites for hydroxylation is 1. The van der Waals surface area contributed by atoms with E-state index in [4.69, 9.17) is 0 Å². The number of likely N-dealkylation sites (tertiary alicyclic amines) is 1. The Bertz CT molecular complexity index is 1680. The zero-order valence-corrected chi connectivity index (χ0v) is 24.5. The minimum atomic E-state index is -1.32. The predicted molar refractivity (Wildman–Crippen MR) is 160 cm³/mol. The fourth-order valence-corrected chi connectivity index (χ4v) is 7.08. The van der Waals surface area contributed by atoms with Crippen LogP contribution in [0.25, 0.3) is 22.2 Å². The largest absolute Gasteiger partial charge is 0.465 e. The maximum absolute atomic E-state index is 13.5. The number of H-pyrrole nitrogens is 1. The van der Waals surface area contributed by atoms with Gasteiger partial charge < -0.3 is 20.1 Å². The maximum Gasteiger partial charge on any atom is 0.408 e. The summed E-state index contributed by atoms with van der Waals surface area (Å²) in [5, 5.41) is 22.4. The van der Waals surface area contributed by atoms with Crippen molar-refractivity contribution in [2.24, 2.45) is 5.41 Å². The van der Waals surface area contributed by atoms with Crippen LogP contribution in [0.1, 0.15) is 67.5 Å². The zero-order valence-electron chi connectivity index (χ0n) is 24.5. The average Bonchev–Trinajstić information content (AvgIpc) is 3.61. The lowest BCUT2D eigenvalue weighted by atomic mass is 9.65. The number of carbonyl (C=O) groups is 2. The first-order valence-electron chi connectivity index (χ1n) is 14.5. The third-order valence-electron chi connectivity index (χ3n) is 9.26. The van der Waals surface area contributed by atoms with Gasteiger partial charge in [0.05, 0.1) is 5.54 Å². The minimum absolute atomic E-state index is 0.292. The number of hydrogen-bond donors (Lipinski definition) is 3. The summed E-state index contributed by atoms with van der Waals surface area (Å²) in [6.07, 6.45) is 6.69. The van der Waals surface area contributed by atoms with Crippen LogP contribution < -0.4 is 0 Å². The highest BCUT2D eigenvalue weighted by Crippen LogP contribution is 2.54. The lowest BCUT2D eigenvalue weighted by molar-refractivity contribution is -0.141. The molecular formula is C33H37N5O4. The van der Waals surface area contributed by atoms with Crippen LogP contribution in [0.5, 0.6) is 0 Å². The first kappa shape index (κ1) is 27.9. The number of hydrogen-bond acceptors (Lipinski definition) is 5.